The molecule has 0 aliphatic carbocycles. The molecule has 0 unspecified atom stereocenters. The summed E-state index contributed by atoms with van der Waals surface area (Å²) in [5.74, 6) is 0.940. The van der Waals surface area contributed by atoms with Gasteiger partial charge in [0.1, 0.15) is 0 Å². The van der Waals surface area contributed by atoms with Crippen LogP contribution in [0.3, 0.4) is 0 Å². The topological polar surface area (TPSA) is 34.1 Å². The first kappa shape index (κ1) is 20.5. The molecule has 1 saturated heterocycles. The summed E-state index contributed by atoms with van der Waals surface area (Å²) < 4.78 is 0. The zero-order valence-electron chi connectivity index (χ0n) is 16.7. The highest BCUT2D eigenvalue weighted by Gasteiger charge is 2.13. The maximum absolute atomic E-state index is 4.38. The third-order valence-corrected chi connectivity index (χ3v) is 4.95. The number of rotatable bonds is 8. The Morgan fingerprint density at radius 1 is 1.19 bits per heavy atom. The van der Waals surface area contributed by atoms with Gasteiger partial charge in [-0.25, -0.2) is 0 Å². The van der Waals surface area contributed by atoms with Gasteiger partial charge >= 0.3 is 0 Å². The second-order valence-electron chi connectivity index (χ2n) is 7.15. The van der Waals surface area contributed by atoms with Crippen molar-refractivity contribution in [1.29, 1.82) is 0 Å². The molecule has 1 fully saturated rings. The van der Waals surface area contributed by atoms with Crippen LogP contribution in [-0.2, 0) is 13.1 Å². The third-order valence-electron chi connectivity index (χ3n) is 4.95. The second kappa shape index (κ2) is 11.0. The van der Waals surface area contributed by atoms with E-state index < -0.39 is 0 Å². The summed E-state index contributed by atoms with van der Waals surface area (Å²) in [6, 6.07) is 8.96. The summed E-state index contributed by atoms with van der Waals surface area (Å²) in [7, 11) is 6.12. The van der Waals surface area contributed by atoms with Gasteiger partial charge in [0.05, 0.1) is 0 Å². The van der Waals surface area contributed by atoms with Crippen molar-refractivity contribution >= 4 is 5.96 Å². The molecule has 1 heterocycles. The Labute approximate surface area is 159 Å². The SMILES string of the molecule is C=CCCCN(C)C(=NC)NCc1ccc(CN2CCN(C)CC2)cc1. The molecule has 26 heavy (non-hydrogen) atoms. The highest BCUT2D eigenvalue weighted by Crippen LogP contribution is 2.10. The van der Waals surface area contributed by atoms with E-state index in [1.54, 1.807) is 0 Å². The van der Waals surface area contributed by atoms with Crippen LogP contribution in [0.1, 0.15) is 24.0 Å². The number of benzene rings is 1. The molecule has 1 aliphatic heterocycles. The van der Waals surface area contributed by atoms with E-state index in [9.17, 15) is 0 Å². The summed E-state index contributed by atoms with van der Waals surface area (Å²) >= 11 is 0. The van der Waals surface area contributed by atoms with Crippen LogP contribution in [0.2, 0.25) is 0 Å². The number of nitrogens with zero attached hydrogens (tertiary/aromatic N) is 4. The van der Waals surface area contributed by atoms with Crippen molar-refractivity contribution in [3.63, 3.8) is 0 Å². The highest BCUT2D eigenvalue weighted by atomic mass is 15.3. The van der Waals surface area contributed by atoms with E-state index in [1.807, 2.05) is 13.1 Å². The van der Waals surface area contributed by atoms with Gasteiger partial charge in [-0.05, 0) is 31.0 Å². The van der Waals surface area contributed by atoms with Gasteiger partial charge in [0.2, 0.25) is 0 Å². The van der Waals surface area contributed by atoms with E-state index >= 15 is 0 Å². The lowest BCUT2D eigenvalue weighted by Crippen LogP contribution is -2.43. The zero-order valence-corrected chi connectivity index (χ0v) is 16.7. The molecule has 0 aromatic heterocycles. The molecule has 2 rings (SSSR count). The molecule has 1 aromatic rings. The lowest BCUT2D eigenvalue weighted by molar-refractivity contribution is 0.148. The summed E-state index contributed by atoms with van der Waals surface area (Å²) in [5.41, 5.74) is 2.68. The molecule has 0 bridgehead atoms. The first-order valence-electron chi connectivity index (χ1n) is 9.63. The number of allylic oxidation sites excluding steroid dienone is 1. The summed E-state index contributed by atoms with van der Waals surface area (Å²) in [5, 5.41) is 3.45. The van der Waals surface area contributed by atoms with Gasteiger partial charge in [-0.1, -0.05) is 30.3 Å². The highest BCUT2D eigenvalue weighted by molar-refractivity contribution is 5.79. The Morgan fingerprint density at radius 3 is 2.46 bits per heavy atom. The zero-order chi connectivity index (χ0) is 18.8. The number of nitrogens with one attached hydrogen (secondary N) is 1. The first-order valence-corrected chi connectivity index (χ1v) is 9.63. The largest absolute Gasteiger partial charge is 0.352 e. The van der Waals surface area contributed by atoms with Crippen LogP contribution in [0.15, 0.2) is 41.9 Å². The lowest BCUT2D eigenvalue weighted by Gasteiger charge is -2.32. The fourth-order valence-corrected chi connectivity index (χ4v) is 3.17. The minimum Gasteiger partial charge on any atom is -0.352 e. The molecule has 5 nitrogen and oxygen atoms in total. The van der Waals surface area contributed by atoms with Crippen LogP contribution in [-0.4, -0.2) is 74.5 Å². The number of piperazine rings is 1. The Hall–Kier alpha value is -1.85. The molecule has 0 saturated carbocycles. The van der Waals surface area contributed by atoms with Crippen molar-refractivity contribution in [3.8, 4) is 0 Å². The van der Waals surface area contributed by atoms with Gasteiger partial charge in [0.15, 0.2) is 5.96 Å². The second-order valence-corrected chi connectivity index (χ2v) is 7.15. The number of likely N-dealkylation sites (N-methyl/N-ethyl adjacent to an activating group) is 1. The van der Waals surface area contributed by atoms with Crippen LogP contribution in [0, 0.1) is 0 Å². The number of hydrogen-bond acceptors (Lipinski definition) is 3. The molecule has 0 atom stereocenters. The van der Waals surface area contributed by atoms with Gasteiger partial charge in [0.25, 0.3) is 0 Å². The van der Waals surface area contributed by atoms with Crippen molar-refractivity contribution in [3.05, 3.63) is 48.0 Å². The van der Waals surface area contributed by atoms with Crippen LogP contribution in [0.4, 0.5) is 0 Å². The van der Waals surface area contributed by atoms with Crippen molar-refractivity contribution in [2.75, 3.05) is 53.9 Å². The van der Waals surface area contributed by atoms with Gasteiger partial charge in [-0.3, -0.25) is 9.89 Å². The molecule has 0 radical (unpaired) electrons. The van der Waals surface area contributed by atoms with Gasteiger partial charge in [-0.2, -0.15) is 0 Å². The predicted molar refractivity (Wildman–Crippen MR) is 111 cm³/mol. The fourth-order valence-electron chi connectivity index (χ4n) is 3.17. The fraction of sp³-hybridized carbons (Fsp3) is 0.571. The maximum atomic E-state index is 4.38. The maximum Gasteiger partial charge on any atom is 0.193 e. The molecule has 0 spiro atoms. The molecule has 1 aromatic carbocycles. The van der Waals surface area contributed by atoms with Crippen LogP contribution < -0.4 is 5.32 Å². The van der Waals surface area contributed by atoms with Crippen LogP contribution in [0.25, 0.3) is 0 Å². The number of hydrogen-bond donors (Lipinski definition) is 1. The third kappa shape index (κ3) is 6.81. The van der Waals surface area contributed by atoms with Crippen molar-refractivity contribution in [2.45, 2.75) is 25.9 Å². The minimum absolute atomic E-state index is 0.799. The quantitative estimate of drug-likeness (QED) is 0.335. The van der Waals surface area contributed by atoms with Gasteiger partial charge in [-0.15, -0.1) is 6.58 Å². The average Bonchev–Trinajstić information content (AvgIpc) is 2.65. The van der Waals surface area contributed by atoms with E-state index in [-0.39, 0.29) is 0 Å². The molecule has 0 amide bonds. The molecule has 5 heteroatoms. The number of guanidine groups is 1. The van der Waals surface area contributed by atoms with E-state index in [2.05, 4.69) is 69.9 Å². The molecular formula is C21H35N5. The molecule has 144 valence electrons. The number of aliphatic imine (C=N–C) groups is 1. The van der Waals surface area contributed by atoms with Crippen molar-refractivity contribution < 1.29 is 0 Å². The van der Waals surface area contributed by atoms with E-state index in [1.165, 1.54) is 24.2 Å². The smallest absolute Gasteiger partial charge is 0.193 e. The lowest BCUT2D eigenvalue weighted by atomic mass is 10.1. The van der Waals surface area contributed by atoms with Gasteiger partial charge in [0, 0.05) is 59.9 Å². The van der Waals surface area contributed by atoms with Crippen LogP contribution >= 0.6 is 0 Å². The van der Waals surface area contributed by atoms with Crippen molar-refractivity contribution in [2.24, 2.45) is 4.99 Å². The minimum atomic E-state index is 0.799. The Morgan fingerprint density at radius 2 is 1.85 bits per heavy atom. The standard InChI is InChI=1S/C21H35N5/c1-5-6-7-12-25(4)21(22-2)23-17-19-8-10-20(11-9-19)18-26-15-13-24(3)14-16-26/h5,8-11H,1,6-7,12-18H2,2-4H3,(H,22,23). The van der Waals surface area contributed by atoms with E-state index in [0.29, 0.717) is 0 Å². The van der Waals surface area contributed by atoms with Crippen LogP contribution in [0.5, 0.6) is 0 Å². The Balaban J connectivity index is 1.78. The molecular weight excluding hydrogens is 322 g/mol. The summed E-state index contributed by atoms with van der Waals surface area (Å²) in [4.78, 5) is 11.5. The Kier molecular flexibility index (Phi) is 8.65. The normalized spacial score (nSPS) is 16.5. The molecule has 1 N–H and O–H groups in total. The first-order chi connectivity index (χ1) is 12.6. The van der Waals surface area contributed by atoms with E-state index in [4.69, 9.17) is 0 Å². The van der Waals surface area contributed by atoms with Gasteiger partial charge < -0.3 is 15.1 Å². The summed E-state index contributed by atoms with van der Waals surface area (Å²) in [6.07, 6.45) is 4.10. The average molecular weight is 358 g/mol. The predicted octanol–water partition coefficient (Wildman–Crippen LogP) is 2.41. The summed E-state index contributed by atoms with van der Waals surface area (Å²) in [6.45, 7) is 11.3. The Bertz CT molecular complexity index is 558. The van der Waals surface area contributed by atoms with E-state index in [0.717, 1.165) is 51.5 Å². The molecule has 1 aliphatic rings. The van der Waals surface area contributed by atoms with Crippen molar-refractivity contribution in [1.82, 2.24) is 20.0 Å². The number of unbranched alkanes of at least 4 members (excludes halogenated alkanes) is 1. The monoisotopic (exact) mass is 357 g/mol.